The number of nitrogens with zero attached hydrogens (tertiary/aromatic N) is 1. The van der Waals surface area contributed by atoms with Gasteiger partial charge in [-0.25, -0.2) is 4.99 Å². The van der Waals surface area contributed by atoms with Gasteiger partial charge in [0.1, 0.15) is 6.61 Å². The van der Waals surface area contributed by atoms with Gasteiger partial charge in [0.2, 0.25) is 0 Å². The van der Waals surface area contributed by atoms with Gasteiger partial charge in [-0.2, -0.15) is 0 Å². The van der Waals surface area contributed by atoms with Gasteiger partial charge < -0.3 is 4.74 Å². The van der Waals surface area contributed by atoms with E-state index in [9.17, 15) is 0 Å². The summed E-state index contributed by atoms with van der Waals surface area (Å²) in [6, 6.07) is 18.3. The smallest absolute Gasteiger partial charge is 0.187 e. The molecule has 3 unspecified atom stereocenters. The molecular formula is C30H42FeNOP. The molecule has 0 saturated heterocycles. The second-order valence-electron chi connectivity index (χ2n) is 10.4. The fraction of sp³-hybridized carbons (Fsp3) is 0.567. The third-order valence-electron chi connectivity index (χ3n) is 7.59. The van der Waals surface area contributed by atoms with E-state index in [1.807, 2.05) is 0 Å². The Hall–Kier alpha value is -1.14. The van der Waals surface area contributed by atoms with E-state index >= 15 is 0 Å². The second kappa shape index (κ2) is 13.2. The Labute approximate surface area is 219 Å². The van der Waals surface area contributed by atoms with E-state index in [1.54, 1.807) is 0 Å². The molecule has 2 aromatic rings. The quantitative estimate of drug-likeness (QED) is 0.300. The van der Waals surface area contributed by atoms with Crippen LogP contribution in [0.15, 0.2) is 53.5 Å². The predicted molar refractivity (Wildman–Crippen MR) is 145 cm³/mol. The molecular weight excluding hydrogens is 477 g/mol. The third-order valence-corrected chi connectivity index (χ3v) is 10.9. The van der Waals surface area contributed by atoms with Gasteiger partial charge in [-0.05, 0) is 67.9 Å². The predicted octanol–water partition coefficient (Wildman–Crippen LogP) is 7.31. The first-order valence-corrected chi connectivity index (χ1v) is 14.6. The number of hydrogen-bond acceptors (Lipinski definition) is 2. The first-order chi connectivity index (χ1) is 16.1. The number of ether oxygens (including phenoxy) is 1. The molecule has 2 nitrogen and oxygen atoms in total. The van der Waals surface area contributed by atoms with E-state index in [2.05, 4.69) is 76.2 Å². The summed E-state index contributed by atoms with van der Waals surface area (Å²) in [6.07, 6.45) is 11.3. The molecule has 0 bridgehead atoms. The van der Waals surface area contributed by atoms with E-state index in [0.29, 0.717) is 23.5 Å². The van der Waals surface area contributed by atoms with Crippen LogP contribution in [-0.4, -0.2) is 24.2 Å². The molecule has 0 spiro atoms. The molecule has 34 heavy (non-hydrogen) atoms. The van der Waals surface area contributed by atoms with Crippen molar-refractivity contribution in [2.24, 2.45) is 16.8 Å². The summed E-state index contributed by atoms with van der Waals surface area (Å²) in [7, 11) is -0.440. The Morgan fingerprint density at radius 2 is 1.32 bits per heavy atom. The van der Waals surface area contributed by atoms with Crippen molar-refractivity contribution in [3.63, 3.8) is 0 Å². The third kappa shape index (κ3) is 6.54. The fourth-order valence-corrected chi connectivity index (χ4v) is 8.98. The molecule has 5 rings (SSSR count). The number of benzene rings is 2. The van der Waals surface area contributed by atoms with E-state index in [-0.39, 0.29) is 17.1 Å². The molecule has 1 aliphatic heterocycles. The Balaban J connectivity index is 0.000000481. The van der Waals surface area contributed by atoms with Crippen LogP contribution in [0.25, 0.3) is 0 Å². The van der Waals surface area contributed by atoms with Crippen LogP contribution in [0.1, 0.15) is 76.3 Å². The van der Waals surface area contributed by atoms with E-state index in [1.165, 1.54) is 73.1 Å². The Bertz CT molecular complexity index is 886. The Kier molecular flexibility index (Phi) is 10.7. The molecule has 4 heteroatoms. The molecule has 2 fully saturated rings. The molecule has 0 amide bonds. The zero-order chi connectivity index (χ0) is 23.2. The minimum atomic E-state index is -0.440. The van der Waals surface area contributed by atoms with Crippen molar-refractivity contribution in [3.05, 3.63) is 59.7 Å². The van der Waals surface area contributed by atoms with E-state index in [0.717, 1.165) is 12.5 Å². The van der Waals surface area contributed by atoms with Crippen LogP contribution in [0.4, 0.5) is 0 Å². The first-order valence-electron chi connectivity index (χ1n) is 13.2. The summed E-state index contributed by atoms with van der Waals surface area (Å²) in [5, 5.41) is 3.06. The maximum absolute atomic E-state index is 6.18. The SMILES string of the molecule is C1CCCC1.Cc1ccccc1P(c1ccccc1C)C1CCCC1C1=NC(C(C)C)CO1.[Fe]. The fourth-order valence-electron chi connectivity index (χ4n) is 5.53. The van der Waals surface area contributed by atoms with Gasteiger partial charge in [0, 0.05) is 23.0 Å². The average molecular weight is 519 g/mol. The largest absolute Gasteiger partial charge is 0.478 e. The van der Waals surface area contributed by atoms with Crippen LogP contribution in [0.2, 0.25) is 0 Å². The van der Waals surface area contributed by atoms with Crippen molar-refractivity contribution in [2.45, 2.75) is 90.8 Å². The van der Waals surface area contributed by atoms with Gasteiger partial charge in [0.05, 0.1) is 6.04 Å². The van der Waals surface area contributed by atoms with Crippen LogP contribution >= 0.6 is 7.92 Å². The van der Waals surface area contributed by atoms with Crippen LogP contribution in [0.5, 0.6) is 0 Å². The molecule has 186 valence electrons. The van der Waals surface area contributed by atoms with Gasteiger partial charge in [0.15, 0.2) is 5.90 Å². The molecule has 3 aliphatic rings. The van der Waals surface area contributed by atoms with Crippen molar-refractivity contribution in [1.29, 1.82) is 0 Å². The van der Waals surface area contributed by atoms with Crippen molar-refractivity contribution in [3.8, 4) is 0 Å². The van der Waals surface area contributed by atoms with Crippen molar-refractivity contribution < 1.29 is 21.8 Å². The molecule has 0 radical (unpaired) electrons. The van der Waals surface area contributed by atoms with Crippen LogP contribution in [-0.2, 0) is 21.8 Å². The Morgan fingerprint density at radius 3 is 1.79 bits per heavy atom. The number of rotatable bonds is 5. The summed E-state index contributed by atoms with van der Waals surface area (Å²) in [4.78, 5) is 5.04. The maximum atomic E-state index is 6.18. The molecule has 1 heterocycles. The molecule has 0 N–H and O–H groups in total. The van der Waals surface area contributed by atoms with Crippen LogP contribution < -0.4 is 10.6 Å². The van der Waals surface area contributed by atoms with Crippen LogP contribution in [0, 0.1) is 25.7 Å². The van der Waals surface area contributed by atoms with Gasteiger partial charge >= 0.3 is 0 Å². The van der Waals surface area contributed by atoms with Gasteiger partial charge in [-0.1, -0.05) is 101 Å². The molecule has 2 saturated carbocycles. The Morgan fingerprint density at radius 1 is 0.794 bits per heavy atom. The molecule has 0 aromatic heterocycles. The van der Waals surface area contributed by atoms with Gasteiger partial charge in [-0.3, -0.25) is 0 Å². The standard InChI is InChI=1S/C25H32NOP.C5H10.Fe/c1-17(2)21-16-27-25(26-21)20-12-9-15-24(20)28(22-13-7-5-10-18(22)3)23-14-8-6-11-19(23)4;1-2-4-5-3-1;/h5-8,10-11,13-14,17,20-21,24H,9,12,15-16H2,1-4H3;1-5H2;. The minimum Gasteiger partial charge on any atom is -0.478 e. The normalized spacial score (nSPS) is 23.8. The molecule has 3 atom stereocenters. The summed E-state index contributed by atoms with van der Waals surface area (Å²) >= 11 is 0. The van der Waals surface area contributed by atoms with Crippen molar-refractivity contribution in [1.82, 2.24) is 0 Å². The zero-order valence-corrected chi connectivity index (χ0v) is 23.4. The van der Waals surface area contributed by atoms with E-state index in [4.69, 9.17) is 9.73 Å². The second-order valence-corrected chi connectivity index (χ2v) is 12.8. The summed E-state index contributed by atoms with van der Waals surface area (Å²) < 4.78 is 6.18. The minimum absolute atomic E-state index is 0. The zero-order valence-electron chi connectivity index (χ0n) is 21.4. The summed E-state index contributed by atoms with van der Waals surface area (Å²) in [5.41, 5.74) is 3.44. The summed E-state index contributed by atoms with van der Waals surface area (Å²) in [6.45, 7) is 9.81. The molecule has 2 aliphatic carbocycles. The van der Waals surface area contributed by atoms with Crippen molar-refractivity contribution in [2.75, 3.05) is 6.61 Å². The van der Waals surface area contributed by atoms with Crippen molar-refractivity contribution >= 4 is 24.4 Å². The van der Waals surface area contributed by atoms with E-state index < -0.39 is 7.92 Å². The monoisotopic (exact) mass is 519 g/mol. The average Bonchev–Trinajstić information content (AvgIpc) is 3.59. The molecule has 2 aromatic carbocycles. The number of hydrogen-bond donors (Lipinski definition) is 0. The summed E-state index contributed by atoms with van der Waals surface area (Å²) in [5.74, 6) is 2.07. The van der Waals surface area contributed by atoms with Crippen LogP contribution in [0.3, 0.4) is 0 Å². The van der Waals surface area contributed by atoms with Gasteiger partial charge in [0.25, 0.3) is 0 Å². The maximum Gasteiger partial charge on any atom is 0.187 e. The number of aliphatic imine (C=N–C) groups is 1. The topological polar surface area (TPSA) is 21.6 Å². The van der Waals surface area contributed by atoms with Gasteiger partial charge in [-0.15, -0.1) is 0 Å². The first kappa shape index (κ1) is 27.4. The number of aryl methyl sites for hydroxylation is 2.